The van der Waals surface area contributed by atoms with Gasteiger partial charge in [0.25, 0.3) is 11.8 Å². The SMILES string of the molecule is CCCN(CCC)C(=O)c1cc(C(N)=O)cc(C(=O)N[C@@H](Cc2cc(F)cc(OCc3ccccc3)c2)[C@H](O)CNCc2cccc(OC)c2)c1. The molecule has 0 aliphatic heterocycles. The van der Waals surface area contributed by atoms with E-state index in [1.807, 2.05) is 68.4 Å². The Hall–Kier alpha value is -5.26. The minimum absolute atomic E-state index is 0.00124. The Labute approximate surface area is 298 Å². The van der Waals surface area contributed by atoms with Gasteiger partial charge in [-0.1, -0.05) is 56.3 Å². The van der Waals surface area contributed by atoms with Gasteiger partial charge in [0.1, 0.15) is 23.9 Å². The molecule has 0 aliphatic carbocycles. The molecule has 270 valence electrons. The lowest BCUT2D eigenvalue weighted by molar-refractivity contribution is 0.0755. The number of primary amides is 1. The van der Waals surface area contributed by atoms with Gasteiger partial charge in [-0.25, -0.2) is 4.39 Å². The third kappa shape index (κ3) is 11.7. The molecule has 0 spiro atoms. The third-order valence-electron chi connectivity index (χ3n) is 8.23. The summed E-state index contributed by atoms with van der Waals surface area (Å²) in [4.78, 5) is 41.3. The average molecular weight is 699 g/mol. The molecule has 0 fully saturated rings. The van der Waals surface area contributed by atoms with Gasteiger partial charge in [-0.3, -0.25) is 14.4 Å². The Morgan fingerprint density at radius 1 is 0.824 bits per heavy atom. The summed E-state index contributed by atoms with van der Waals surface area (Å²) >= 11 is 0. The molecule has 51 heavy (non-hydrogen) atoms. The highest BCUT2D eigenvalue weighted by Gasteiger charge is 2.25. The minimum Gasteiger partial charge on any atom is -0.497 e. The van der Waals surface area contributed by atoms with Crippen molar-refractivity contribution in [2.75, 3.05) is 26.7 Å². The van der Waals surface area contributed by atoms with Crippen molar-refractivity contribution in [3.63, 3.8) is 0 Å². The summed E-state index contributed by atoms with van der Waals surface area (Å²) in [5.74, 6) is -1.30. The molecule has 4 rings (SSSR count). The normalized spacial score (nSPS) is 12.1. The Morgan fingerprint density at radius 2 is 1.49 bits per heavy atom. The predicted molar refractivity (Wildman–Crippen MR) is 194 cm³/mol. The minimum atomic E-state index is -1.14. The van der Waals surface area contributed by atoms with Crippen LogP contribution in [0.1, 0.15) is 74.5 Å². The first-order valence-electron chi connectivity index (χ1n) is 17.1. The van der Waals surface area contributed by atoms with Crippen molar-refractivity contribution in [1.29, 1.82) is 0 Å². The molecule has 0 saturated heterocycles. The number of carbonyl (C=O) groups excluding carboxylic acids is 3. The molecular formula is C40H47FN4O6. The topological polar surface area (TPSA) is 143 Å². The number of ether oxygens (including phenoxy) is 2. The molecule has 5 N–H and O–H groups in total. The first-order valence-corrected chi connectivity index (χ1v) is 17.1. The summed E-state index contributed by atoms with van der Waals surface area (Å²) < 4.78 is 26.0. The van der Waals surface area contributed by atoms with Crippen LogP contribution in [-0.4, -0.2) is 66.6 Å². The lowest BCUT2D eigenvalue weighted by Crippen LogP contribution is -2.48. The number of nitrogens with one attached hydrogen (secondary N) is 2. The van der Waals surface area contributed by atoms with Crippen molar-refractivity contribution in [3.8, 4) is 11.5 Å². The van der Waals surface area contributed by atoms with E-state index in [-0.39, 0.29) is 42.2 Å². The lowest BCUT2D eigenvalue weighted by atomic mass is 9.99. The maximum Gasteiger partial charge on any atom is 0.253 e. The summed E-state index contributed by atoms with van der Waals surface area (Å²) in [6.45, 7) is 5.65. The number of nitrogens with two attached hydrogens (primary N) is 1. The van der Waals surface area contributed by atoms with Crippen LogP contribution in [-0.2, 0) is 19.6 Å². The number of methoxy groups -OCH3 is 1. The first-order chi connectivity index (χ1) is 24.6. The quantitative estimate of drug-likeness (QED) is 0.105. The number of nitrogens with zero attached hydrogens (tertiary/aromatic N) is 1. The molecule has 2 atom stereocenters. The number of carbonyl (C=O) groups is 3. The smallest absolute Gasteiger partial charge is 0.253 e. The summed E-state index contributed by atoms with van der Waals surface area (Å²) in [5.41, 5.74) is 8.10. The summed E-state index contributed by atoms with van der Waals surface area (Å²) in [5, 5.41) is 17.5. The van der Waals surface area contributed by atoms with Crippen molar-refractivity contribution < 1.29 is 33.4 Å². The van der Waals surface area contributed by atoms with Gasteiger partial charge in [-0.2, -0.15) is 0 Å². The number of aliphatic hydroxyl groups excluding tert-OH is 1. The fraction of sp³-hybridized carbons (Fsp3) is 0.325. The second kappa shape index (κ2) is 19.2. The Balaban J connectivity index is 1.59. The molecule has 0 aromatic heterocycles. The molecular weight excluding hydrogens is 651 g/mol. The second-order valence-electron chi connectivity index (χ2n) is 12.4. The summed E-state index contributed by atoms with van der Waals surface area (Å²) in [6, 6.07) is 24.4. The van der Waals surface area contributed by atoms with Gasteiger partial charge in [-0.05, 0) is 78.4 Å². The number of amides is 3. The molecule has 0 bridgehead atoms. The van der Waals surface area contributed by atoms with E-state index in [2.05, 4.69) is 10.6 Å². The van der Waals surface area contributed by atoms with Crippen LogP contribution in [0.25, 0.3) is 0 Å². The van der Waals surface area contributed by atoms with Crippen LogP contribution in [0.15, 0.2) is 91.0 Å². The molecule has 4 aromatic carbocycles. The van der Waals surface area contributed by atoms with Crippen LogP contribution in [0, 0.1) is 5.82 Å². The number of aliphatic hydroxyl groups is 1. The second-order valence-corrected chi connectivity index (χ2v) is 12.4. The van der Waals surface area contributed by atoms with Crippen LogP contribution in [0.3, 0.4) is 0 Å². The maximum absolute atomic E-state index is 14.9. The Bertz CT molecular complexity index is 1760. The van der Waals surface area contributed by atoms with Gasteiger partial charge in [0.2, 0.25) is 5.91 Å². The molecule has 0 heterocycles. The van der Waals surface area contributed by atoms with E-state index >= 15 is 0 Å². The lowest BCUT2D eigenvalue weighted by Gasteiger charge is -2.26. The van der Waals surface area contributed by atoms with Gasteiger partial charge in [0.05, 0.1) is 19.3 Å². The van der Waals surface area contributed by atoms with Crippen LogP contribution in [0.5, 0.6) is 11.5 Å². The zero-order valence-electron chi connectivity index (χ0n) is 29.4. The summed E-state index contributed by atoms with van der Waals surface area (Å²) in [7, 11) is 1.58. The highest BCUT2D eigenvalue weighted by Crippen LogP contribution is 2.21. The van der Waals surface area contributed by atoms with Crippen LogP contribution >= 0.6 is 0 Å². The Kier molecular flexibility index (Phi) is 14.5. The van der Waals surface area contributed by atoms with Gasteiger partial charge < -0.3 is 35.8 Å². The van der Waals surface area contributed by atoms with Crippen LogP contribution in [0.2, 0.25) is 0 Å². The fourth-order valence-electron chi connectivity index (χ4n) is 5.70. The number of benzene rings is 4. The predicted octanol–water partition coefficient (Wildman–Crippen LogP) is 5.27. The highest BCUT2D eigenvalue weighted by atomic mass is 19.1. The van der Waals surface area contributed by atoms with E-state index in [0.717, 1.165) is 24.0 Å². The van der Waals surface area contributed by atoms with E-state index in [4.69, 9.17) is 15.2 Å². The van der Waals surface area contributed by atoms with Crippen molar-refractivity contribution in [1.82, 2.24) is 15.5 Å². The molecule has 11 heteroatoms. The number of hydrogen-bond donors (Lipinski definition) is 4. The van der Waals surface area contributed by atoms with E-state index in [9.17, 15) is 23.9 Å². The van der Waals surface area contributed by atoms with Gasteiger partial charge in [-0.15, -0.1) is 0 Å². The van der Waals surface area contributed by atoms with Gasteiger partial charge in [0, 0.05) is 48.9 Å². The van der Waals surface area contributed by atoms with E-state index in [1.54, 1.807) is 18.1 Å². The van der Waals surface area contributed by atoms with Gasteiger partial charge in [0.15, 0.2) is 0 Å². The molecule has 0 aliphatic rings. The largest absolute Gasteiger partial charge is 0.497 e. The molecule has 0 saturated carbocycles. The maximum atomic E-state index is 14.9. The third-order valence-corrected chi connectivity index (χ3v) is 8.23. The molecule has 0 unspecified atom stereocenters. The molecule has 3 amide bonds. The van der Waals surface area contributed by atoms with E-state index < -0.39 is 29.8 Å². The fourth-order valence-corrected chi connectivity index (χ4v) is 5.70. The van der Waals surface area contributed by atoms with Crippen molar-refractivity contribution in [3.05, 3.63) is 130 Å². The number of rotatable bonds is 19. The van der Waals surface area contributed by atoms with Gasteiger partial charge >= 0.3 is 0 Å². The molecule has 4 aromatic rings. The zero-order valence-corrected chi connectivity index (χ0v) is 29.4. The van der Waals surface area contributed by atoms with Crippen LogP contribution < -0.4 is 25.8 Å². The summed E-state index contributed by atoms with van der Waals surface area (Å²) in [6.07, 6.45) is 0.370. The van der Waals surface area contributed by atoms with Crippen LogP contribution in [0.4, 0.5) is 4.39 Å². The highest BCUT2D eigenvalue weighted by molar-refractivity contribution is 6.04. The number of halogens is 1. The van der Waals surface area contributed by atoms with Crippen molar-refractivity contribution in [2.45, 2.75) is 58.4 Å². The van der Waals surface area contributed by atoms with Crippen molar-refractivity contribution >= 4 is 17.7 Å². The Morgan fingerprint density at radius 3 is 2.18 bits per heavy atom. The van der Waals surface area contributed by atoms with E-state index in [1.165, 1.54) is 30.3 Å². The molecule has 0 radical (unpaired) electrons. The zero-order chi connectivity index (χ0) is 36.8. The standard InChI is InChI=1S/C40H47FN4O6/c1-4-14-45(15-5-2)40(49)32-21-30(38(42)47)20-31(22-32)39(48)44-36(37(46)25-43-24-28-12-9-13-34(17-28)50-3)19-29-16-33(41)23-35(18-29)51-26-27-10-7-6-8-11-27/h6-13,16-18,20-23,36-37,43,46H,4-5,14-15,19,24-26H2,1-3H3,(H2,42,47)(H,44,48)/t36-,37+/m0/s1. The monoisotopic (exact) mass is 698 g/mol. The van der Waals surface area contributed by atoms with Crippen molar-refractivity contribution in [2.24, 2.45) is 5.73 Å². The first kappa shape index (κ1) is 38.5. The molecule has 10 nitrogen and oxygen atoms in total. The van der Waals surface area contributed by atoms with E-state index in [0.29, 0.717) is 36.7 Å². The average Bonchev–Trinajstić information content (AvgIpc) is 3.13. The number of hydrogen-bond acceptors (Lipinski definition) is 7.